The van der Waals surface area contributed by atoms with Gasteiger partial charge in [0.1, 0.15) is 0 Å². The van der Waals surface area contributed by atoms with E-state index in [1.165, 1.54) is 60.1 Å². The van der Waals surface area contributed by atoms with E-state index in [1.54, 1.807) is 0 Å². The van der Waals surface area contributed by atoms with Crippen LogP contribution in [-0.2, 0) is 5.41 Å². The lowest BCUT2D eigenvalue weighted by Crippen LogP contribution is -2.13. The molecule has 0 atom stereocenters. The fourth-order valence-electron chi connectivity index (χ4n) is 6.19. The molecule has 0 saturated heterocycles. The Bertz CT molecular complexity index is 2080. The molecular formula is C39H32N2. The molecule has 0 bridgehead atoms. The number of fused-ring (bicyclic) bond motifs is 3. The van der Waals surface area contributed by atoms with Crippen molar-refractivity contribution in [3.63, 3.8) is 0 Å². The zero-order valence-electron chi connectivity index (χ0n) is 23.9. The van der Waals surface area contributed by atoms with E-state index in [-0.39, 0.29) is 5.41 Å². The molecule has 1 aromatic heterocycles. The third-order valence-corrected chi connectivity index (χ3v) is 8.13. The summed E-state index contributed by atoms with van der Waals surface area (Å²) >= 11 is 0. The maximum absolute atomic E-state index is 4.93. The molecule has 0 fully saturated rings. The highest BCUT2D eigenvalue weighted by molar-refractivity contribution is 6.21. The minimum Gasteiger partial charge on any atom is -0.236 e. The molecule has 41 heavy (non-hydrogen) atoms. The van der Waals surface area contributed by atoms with Crippen molar-refractivity contribution in [2.24, 2.45) is 0 Å². The van der Waals surface area contributed by atoms with Gasteiger partial charge in [0.15, 0.2) is 5.82 Å². The van der Waals surface area contributed by atoms with E-state index >= 15 is 0 Å². The molecular weight excluding hydrogens is 496 g/mol. The van der Waals surface area contributed by atoms with Gasteiger partial charge >= 0.3 is 0 Å². The van der Waals surface area contributed by atoms with E-state index in [1.807, 2.05) is 12.4 Å². The summed E-state index contributed by atoms with van der Waals surface area (Å²) in [5.41, 5.74) is 8.28. The Labute approximate surface area is 241 Å². The Kier molecular flexibility index (Phi) is 5.94. The number of rotatable bonds is 3. The second-order valence-electron chi connectivity index (χ2n) is 12.0. The lowest BCUT2D eigenvalue weighted by atomic mass is 9.83. The molecule has 0 aliphatic heterocycles. The molecule has 2 heteroatoms. The highest BCUT2D eigenvalue weighted by Crippen LogP contribution is 2.44. The molecule has 198 valence electrons. The first-order valence-electron chi connectivity index (χ1n) is 14.2. The van der Waals surface area contributed by atoms with Crippen LogP contribution in [0.25, 0.3) is 66.0 Å². The molecule has 6 aromatic carbocycles. The predicted octanol–water partition coefficient (Wildman–Crippen LogP) is 10.5. The fourth-order valence-corrected chi connectivity index (χ4v) is 6.19. The van der Waals surface area contributed by atoms with Crippen LogP contribution in [0.3, 0.4) is 0 Å². The highest BCUT2D eigenvalue weighted by atomic mass is 14.9. The molecule has 0 spiro atoms. The second-order valence-corrected chi connectivity index (χ2v) is 12.0. The predicted molar refractivity (Wildman–Crippen MR) is 174 cm³/mol. The quantitative estimate of drug-likeness (QED) is 0.213. The first-order chi connectivity index (χ1) is 19.9. The third kappa shape index (κ3) is 4.37. The Balaban J connectivity index is 1.48. The number of hydrogen-bond acceptors (Lipinski definition) is 2. The summed E-state index contributed by atoms with van der Waals surface area (Å²) in [7, 11) is 0. The van der Waals surface area contributed by atoms with Gasteiger partial charge in [-0.05, 0) is 67.4 Å². The molecule has 1 heterocycles. The monoisotopic (exact) mass is 528 g/mol. The smallest absolute Gasteiger partial charge is 0.159 e. The largest absolute Gasteiger partial charge is 0.236 e. The van der Waals surface area contributed by atoms with Gasteiger partial charge in [-0.2, -0.15) is 0 Å². The van der Waals surface area contributed by atoms with Gasteiger partial charge in [0, 0.05) is 29.1 Å². The normalized spacial score (nSPS) is 11.9. The van der Waals surface area contributed by atoms with E-state index in [0.29, 0.717) is 0 Å². The average molecular weight is 529 g/mol. The second kappa shape index (κ2) is 9.67. The molecule has 0 unspecified atom stereocenters. The first kappa shape index (κ1) is 25.2. The lowest BCUT2D eigenvalue weighted by molar-refractivity contribution is 0.591. The lowest BCUT2D eigenvalue weighted by Gasteiger charge is -2.22. The van der Waals surface area contributed by atoms with Crippen LogP contribution in [0.15, 0.2) is 122 Å². The van der Waals surface area contributed by atoms with E-state index in [4.69, 9.17) is 9.97 Å². The van der Waals surface area contributed by atoms with Crippen molar-refractivity contribution >= 4 is 32.3 Å². The van der Waals surface area contributed by atoms with E-state index in [9.17, 15) is 0 Å². The first-order valence-corrected chi connectivity index (χ1v) is 14.2. The van der Waals surface area contributed by atoms with Gasteiger partial charge in [-0.3, -0.25) is 0 Å². The van der Waals surface area contributed by atoms with Crippen molar-refractivity contribution in [3.8, 4) is 33.6 Å². The molecule has 0 N–H and O–H groups in total. The van der Waals surface area contributed by atoms with Crippen LogP contribution in [0.5, 0.6) is 0 Å². The summed E-state index contributed by atoms with van der Waals surface area (Å²) in [4.78, 5) is 9.87. The molecule has 0 amide bonds. The van der Waals surface area contributed by atoms with Crippen molar-refractivity contribution in [2.75, 3.05) is 0 Å². The maximum Gasteiger partial charge on any atom is 0.159 e. The summed E-state index contributed by atoms with van der Waals surface area (Å²) in [5.74, 6) is 0.761. The van der Waals surface area contributed by atoms with Gasteiger partial charge < -0.3 is 0 Å². The Morgan fingerprint density at radius 3 is 1.85 bits per heavy atom. The van der Waals surface area contributed by atoms with Crippen molar-refractivity contribution in [3.05, 3.63) is 133 Å². The average Bonchev–Trinajstić information content (AvgIpc) is 2.99. The number of aryl methyl sites for hydroxylation is 1. The third-order valence-electron chi connectivity index (χ3n) is 8.13. The SMILES string of the molecule is Cc1ccc2c(-c3cnc(-c4ccccc4C(C)(C)C)nc3)c3ccccc3c(-c3ccc4ccccc4c3)c2c1. The van der Waals surface area contributed by atoms with Crippen LogP contribution in [0.2, 0.25) is 0 Å². The highest BCUT2D eigenvalue weighted by Gasteiger charge is 2.21. The minimum absolute atomic E-state index is 0.00147. The number of hydrogen-bond donors (Lipinski definition) is 0. The van der Waals surface area contributed by atoms with E-state index < -0.39 is 0 Å². The Hall–Kier alpha value is -4.82. The molecule has 7 rings (SSSR count). The van der Waals surface area contributed by atoms with Crippen LogP contribution in [0.1, 0.15) is 31.9 Å². The zero-order chi connectivity index (χ0) is 28.1. The number of benzene rings is 6. The van der Waals surface area contributed by atoms with Crippen molar-refractivity contribution in [1.29, 1.82) is 0 Å². The summed E-state index contributed by atoms with van der Waals surface area (Å²) in [6.07, 6.45) is 4.00. The topological polar surface area (TPSA) is 25.8 Å². The van der Waals surface area contributed by atoms with E-state index in [2.05, 4.69) is 137 Å². The summed E-state index contributed by atoms with van der Waals surface area (Å²) in [5, 5.41) is 7.40. The Morgan fingerprint density at radius 1 is 0.512 bits per heavy atom. The van der Waals surface area contributed by atoms with Gasteiger partial charge in [-0.1, -0.05) is 129 Å². The fraction of sp³-hybridized carbons (Fsp3) is 0.128. The molecule has 0 aliphatic carbocycles. The summed E-state index contributed by atoms with van der Waals surface area (Å²) < 4.78 is 0. The van der Waals surface area contributed by atoms with Gasteiger partial charge in [0.05, 0.1) is 0 Å². The van der Waals surface area contributed by atoms with Crippen LogP contribution < -0.4 is 0 Å². The maximum atomic E-state index is 4.93. The standard InChI is InChI=1S/C39H32N2/c1-25-17-20-32-34(21-25)36(28-19-18-26-11-5-6-12-27(26)22-28)30-13-7-8-14-31(30)37(32)29-23-40-38(41-24-29)33-15-9-10-16-35(33)39(2,3)4/h5-24H,1-4H3. The molecule has 0 aliphatic rings. The zero-order valence-corrected chi connectivity index (χ0v) is 23.9. The van der Waals surface area contributed by atoms with Gasteiger partial charge in [0.25, 0.3) is 0 Å². The van der Waals surface area contributed by atoms with Gasteiger partial charge in [-0.15, -0.1) is 0 Å². The van der Waals surface area contributed by atoms with Gasteiger partial charge in [0.2, 0.25) is 0 Å². The van der Waals surface area contributed by atoms with Crippen LogP contribution in [0, 0.1) is 6.92 Å². The van der Waals surface area contributed by atoms with Gasteiger partial charge in [-0.25, -0.2) is 9.97 Å². The molecule has 0 radical (unpaired) electrons. The van der Waals surface area contributed by atoms with E-state index in [0.717, 1.165) is 17.0 Å². The minimum atomic E-state index is 0.00147. The molecule has 2 nitrogen and oxygen atoms in total. The molecule has 0 saturated carbocycles. The number of aromatic nitrogens is 2. The van der Waals surface area contributed by atoms with Crippen LogP contribution >= 0.6 is 0 Å². The summed E-state index contributed by atoms with van der Waals surface area (Å²) in [6, 6.07) is 39.4. The van der Waals surface area contributed by atoms with Crippen LogP contribution in [0.4, 0.5) is 0 Å². The van der Waals surface area contributed by atoms with Crippen molar-refractivity contribution in [1.82, 2.24) is 9.97 Å². The van der Waals surface area contributed by atoms with Crippen molar-refractivity contribution in [2.45, 2.75) is 33.1 Å². The summed E-state index contributed by atoms with van der Waals surface area (Å²) in [6.45, 7) is 8.87. The number of nitrogens with zero attached hydrogens (tertiary/aromatic N) is 2. The van der Waals surface area contributed by atoms with Crippen LogP contribution in [-0.4, -0.2) is 9.97 Å². The molecule has 7 aromatic rings. The van der Waals surface area contributed by atoms with Crippen molar-refractivity contribution < 1.29 is 0 Å². The Morgan fingerprint density at radius 2 is 1.12 bits per heavy atom.